The Morgan fingerprint density at radius 3 is 2.56 bits per heavy atom. The van der Waals surface area contributed by atoms with E-state index < -0.39 is 0 Å². The van der Waals surface area contributed by atoms with Crippen LogP contribution in [0.2, 0.25) is 0 Å². The molecule has 0 spiro atoms. The van der Waals surface area contributed by atoms with E-state index >= 15 is 0 Å². The van der Waals surface area contributed by atoms with Gasteiger partial charge in [-0.05, 0) is 29.8 Å². The van der Waals surface area contributed by atoms with Crippen molar-refractivity contribution in [3.8, 4) is 11.3 Å². The molecule has 0 aliphatic carbocycles. The van der Waals surface area contributed by atoms with Gasteiger partial charge in [-0.15, -0.1) is 0 Å². The number of nitrogens with zero attached hydrogens (tertiary/aromatic N) is 3. The van der Waals surface area contributed by atoms with Crippen molar-refractivity contribution in [2.24, 2.45) is 0 Å². The van der Waals surface area contributed by atoms with Gasteiger partial charge in [0, 0.05) is 23.6 Å². The van der Waals surface area contributed by atoms with Gasteiger partial charge < -0.3 is 5.32 Å². The fourth-order valence-electron chi connectivity index (χ4n) is 2.72. The van der Waals surface area contributed by atoms with Crippen LogP contribution >= 0.6 is 0 Å². The Bertz CT molecular complexity index is 908. The first-order valence-electron chi connectivity index (χ1n) is 8.27. The molecule has 25 heavy (non-hydrogen) atoms. The van der Waals surface area contributed by atoms with E-state index in [0.717, 1.165) is 29.2 Å². The Balaban J connectivity index is 1.36. The molecule has 0 fully saturated rings. The molecule has 0 amide bonds. The second-order valence-corrected chi connectivity index (χ2v) is 5.90. The highest BCUT2D eigenvalue weighted by molar-refractivity contribution is 5.59. The van der Waals surface area contributed by atoms with E-state index in [9.17, 15) is 0 Å². The topological polar surface area (TPSA) is 58.5 Å². The van der Waals surface area contributed by atoms with Crippen molar-refractivity contribution in [1.29, 1.82) is 0 Å². The molecule has 0 saturated carbocycles. The number of H-pyrrole nitrogens is 1. The van der Waals surface area contributed by atoms with E-state index in [2.05, 4.69) is 63.1 Å². The minimum absolute atomic E-state index is 0.707. The van der Waals surface area contributed by atoms with Gasteiger partial charge in [0.05, 0.1) is 24.5 Å². The highest BCUT2D eigenvalue weighted by Gasteiger charge is 2.03. The summed E-state index contributed by atoms with van der Waals surface area (Å²) in [5.74, 6) is 0. The average Bonchev–Trinajstić information content (AvgIpc) is 3.34. The van der Waals surface area contributed by atoms with E-state index in [4.69, 9.17) is 0 Å². The van der Waals surface area contributed by atoms with Crippen LogP contribution in [0.1, 0.15) is 11.3 Å². The van der Waals surface area contributed by atoms with E-state index in [1.54, 1.807) is 6.20 Å². The second-order valence-electron chi connectivity index (χ2n) is 5.90. The smallest absolute Gasteiger partial charge is 0.0924 e. The Hall–Kier alpha value is -3.34. The molecule has 2 aromatic carbocycles. The Morgan fingerprint density at radius 1 is 0.960 bits per heavy atom. The van der Waals surface area contributed by atoms with Crippen LogP contribution in [0, 0.1) is 0 Å². The minimum Gasteiger partial charge on any atom is -0.379 e. The summed E-state index contributed by atoms with van der Waals surface area (Å²) in [5.41, 5.74) is 5.45. The third kappa shape index (κ3) is 3.77. The SMILES string of the molecule is c1ccc(-c2cc(CNc3ccc(Cn4cccn4)cc3)[nH]n2)cc1. The summed E-state index contributed by atoms with van der Waals surface area (Å²) in [4.78, 5) is 0. The molecule has 124 valence electrons. The van der Waals surface area contributed by atoms with Crippen LogP contribution in [0.3, 0.4) is 0 Å². The molecule has 5 heteroatoms. The van der Waals surface area contributed by atoms with Gasteiger partial charge in [0.2, 0.25) is 0 Å². The number of hydrogen-bond donors (Lipinski definition) is 2. The zero-order valence-electron chi connectivity index (χ0n) is 13.8. The van der Waals surface area contributed by atoms with Gasteiger partial charge in [0.15, 0.2) is 0 Å². The first kappa shape index (κ1) is 15.2. The van der Waals surface area contributed by atoms with Gasteiger partial charge in [-0.2, -0.15) is 10.2 Å². The molecule has 4 aromatic rings. The van der Waals surface area contributed by atoms with Crippen LogP contribution in [0.25, 0.3) is 11.3 Å². The molecule has 2 aromatic heterocycles. The predicted octanol–water partition coefficient (Wildman–Crippen LogP) is 3.93. The number of aromatic amines is 1. The largest absolute Gasteiger partial charge is 0.379 e. The summed E-state index contributed by atoms with van der Waals surface area (Å²) in [6, 6.07) is 22.6. The minimum atomic E-state index is 0.707. The molecule has 4 rings (SSSR count). The maximum absolute atomic E-state index is 4.38. The quantitative estimate of drug-likeness (QED) is 0.563. The van der Waals surface area contributed by atoms with Crippen LogP contribution in [-0.2, 0) is 13.1 Å². The van der Waals surface area contributed by atoms with Crippen molar-refractivity contribution in [2.45, 2.75) is 13.1 Å². The highest BCUT2D eigenvalue weighted by Crippen LogP contribution is 2.18. The van der Waals surface area contributed by atoms with Gasteiger partial charge in [0.25, 0.3) is 0 Å². The Morgan fingerprint density at radius 2 is 1.80 bits per heavy atom. The van der Waals surface area contributed by atoms with Crippen molar-refractivity contribution in [2.75, 3.05) is 5.32 Å². The number of aromatic nitrogens is 4. The molecule has 0 aliphatic rings. The molecule has 2 N–H and O–H groups in total. The van der Waals surface area contributed by atoms with Gasteiger partial charge in [-0.1, -0.05) is 42.5 Å². The van der Waals surface area contributed by atoms with Crippen LogP contribution in [0.15, 0.2) is 79.1 Å². The number of rotatable bonds is 6. The van der Waals surface area contributed by atoms with Crippen LogP contribution in [0.4, 0.5) is 5.69 Å². The number of hydrogen-bond acceptors (Lipinski definition) is 3. The number of benzene rings is 2. The molecular weight excluding hydrogens is 310 g/mol. The van der Waals surface area contributed by atoms with Crippen molar-refractivity contribution in [3.63, 3.8) is 0 Å². The Labute approximate surface area is 146 Å². The van der Waals surface area contributed by atoms with E-state index in [1.807, 2.05) is 35.1 Å². The summed E-state index contributed by atoms with van der Waals surface area (Å²) in [6.45, 7) is 1.49. The summed E-state index contributed by atoms with van der Waals surface area (Å²) < 4.78 is 1.91. The summed E-state index contributed by atoms with van der Waals surface area (Å²) in [7, 11) is 0. The van der Waals surface area contributed by atoms with Gasteiger partial charge in [0.1, 0.15) is 0 Å². The summed E-state index contributed by atoms with van der Waals surface area (Å²) in [6.07, 6.45) is 3.76. The third-order valence-corrected chi connectivity index (χ3v) is 4.04. The summed E-state index contributed by atoms with van der Waals surface area (Å²) >= 11 is 0. The molecule has 2 heterocycles. The molecule has 5 nitrogen and oxygen atoms in total. The highest BCUT2D eigenvalue weighted by atomic mass is 15.3. The zero-order valence-corrected chi connectivity index (χ0v) is 13.8. The van der Waals surface area contributed by atoms with Crippen LogP contribution < -0.4 is 5.32 Å². The van der Waals surface area contributed by atoms with E-state index in [1.165, 1.54) is 5.56 Å². The lowest BCUT2D eigenvalue weighted by Crippen LogP contribution is -2.02. The molecule has 0 aliphatic heterocycles. The molecule has 0 radical (unpaired) electrons. The van der Waals surface area contributed by atoms with Crippen molar-refractivity contribution < 1.29 is 0 Å². The van der Waals surface area contributed by atoms with E-state index in [0.29, 0.717) is 6.54 Å². The predicted molar refractivity (Wildman–Crippen MR) is 99.1 cm³/mol. The van der Waals surface area contributed by atoms with Crippen molar-refractivity contribution >= 4 is 5.69 Å². The Kier molecular flexibility index (Phi) is 4.29. The zero-order chi connectivity index (χ0) is 16.9. The molecule has 0 atom stereocenters. The lowest BCUT2D eigenvalue weighted by Gasteiger charge is -2.06. The monoisotopic (exact) mass is 329 g/mol. The second kappa shape index (κ2) is 7.05. The fraction of sp³-hybridized carbons (Fsp3) is 0.100. The van der Waals surface area contributed by atoms with Crippen molar-refractivity contribution in [1.82, 2.24) is 20.0 Å². The number of anilines is 1. The normalized spacial score (nSPS) is 10.7. The average molecular weight is 329 g/mol. The first-order chi connectivity index (χ1) is 12.4. The third-order valence-electron chi connectivity index (χ3n) is 4.04. The van der Waals surface area contributed by atoms with Gasteiger partial charge in [-0.3, -0.25) is 9.78 Å². The van der Waals surface area contributed by atoms with Crippen LogP contribution in [-0.4, -0.2) is 20.0 Å². The fourth-order valence-corrected chi connectivity index (χ4v) is 2.72. The first-order valence-corrected chi connectivity index (χ1v) is 8.27. The van der Waals surface area contributed by atoms with Crippen molar-refractivity contribution in [3.05, 3.63) is 90.4 Å². The van der Waals surface area contributed by atoms with Gasteiger partial charge >= 0.3 is 0 Å². The van der Waals surface area contributed by atoms with Gasteiger partial charge in [-0.25, -0.2) is 0 Å². The maximum Gasteiger partial charge on any atom is 0.0924 e. The van der Waals surface area contributed by atoms with E-state index in [-0.39, 0.29) is 0 Å². The molecule has 0 saturated heterocycles. The summed E-state index contributed by atoms with van der Waals surface area (Å²) in [5, 5.41) is 15.1. The molecule has 0 bridgehead atoms. The standard InChI is InChI=1S/C20H19N5/c1-2-5-17(6-3-1)20-13-19(23-24-20)14-21-18-9-7-16(8-10-18)15-25-12-4-11-22-25/h1-13,21H,14-15H2,(H,23,24). The number of nitrogens with one attached hydrogen (secondary N) is 2. The molecular formula is C20H19N5. The van der Waals surface area contributed by atoms with Crippen LogP contribution in [0.5, 0.6) is 0 Å². The lowest BCUT2D eigenvalue weighted by molar-refractivity contribution is 0.687. The molecule has 0 unspecified atom stereocenters. The maximum atomic E-state index is 4.38. The lowest BCUT2D eigenvalue weighted by atomic mass is 10.1.